The van der Waals surface area contributed by atoms with E-state index in [4.69, 9.17) is 14.3 Å². The summed E-state index contributed by atoms with van der Waals surface area (Å²) < 4.78 is 38.9. The minimum Gasteiger partial charge on any atom is -0.481 e. The second-order valence-corrected chi connectivity index (χ2v) is 21.5. The molecule has 6 aliphatic carbocycles. The third-order valence-corrected chi connectivity index (χ3v) is 17.8. The molecule has 14 nitrogen and oxygen atoms in total. The maximum Gasteiger partial charge on any atom is 0.308 e. The number of nitrogens with one attached hydrogen (secondary N) is 2. The van der Waals surface area contributed by atoms with E-state index in [1.54, 1.807) is 0 Å². The van der Waals surface area contributed by atoms with E-state index in [1.807, 2.05) is 0 Å². The van der Waals surface area contributed by atoms with Crippen LogP contribution in [-0.4, -0.2) is 90.8 Å². The van der Waals surface area contributed by atoms with Crippen LogP contribution in [-0.2, 0) is 48.1 Å². The molecule has 6 aliphatic rings. The molecule has 0 bridgehead atoms. The Labute approximate surface area is 350 Å². The number of carboxylic acids is 2. The lowest BCUT2D eigenvalue weighted by atomic mass is 9.73. The number of aliphatic carboxylic acids is 2. The number of esters is 2. The first-order chi connectivity index (χ1) is 28.4. The molecule has 0 radical (unpaired) electrons. The van der Waals surface area contributed by atoms with Crippen LogP contribution in [0.25, 0.3) is 0 Å². The van der Waals surface area contributed by atoms with Gasteiger partial charge in [0.2, 0.25) is 5.91 Å². The van der Waals surface area contributed by atoms with Gasteiger partial charge >= 0.3 is 23.9 Å². The Kier molecular flexibility index (Phi) is 16.9. The summed E-state index contributed by atoms with van der Waals surface area (Å²) in [6, 6.07) is -0.324. The van der Waals surface area contributed by atoms with Crippen molar-refractivity contribution in [2.45, 2.75) is 177 Å². The van der Waals surface area contributed by atoms with E-state index < -0.39 is 55.9 Å². The summed E-state index contributed by atoms with van der Waals surface area (Å²) in [6.45, 7) is 0.969. The van der Waals surface area contributed by atoms with Gasteiger partial charge in [0.15, 0.2) is 9.84 Å². The van der Waals surface area contributed by atoms with Crippen molar-refractivity contribution in [2.24, 2.45) is 47.3 Å². The Morgan fingerprint density at radius 1 is 0.508 bits per heavy atom. The summed E-state index contributed by atoms with van der Waals surface area (Å²) in [5.74, 6) is -5.61. The minimum atomic E-state index is -3.43. The van der Waals surface area contributed by atoms with Crippen molar-refractivity contribution in [3.63, 3.8) is 0 Å². The van der Waals surface area contributed by atoms with Crippen molar-refractivity contribution in [3.05, 3.63) is 0 Å². The van der Waals surface area contributed by atoms with Crippen LogP contribution in [0.4, 0.5) is 0 Å². The highest BCUT2D eigenvalue weighted by atomic mass is 32.2. The predicted octanol–water partition coefficient (Wildman–Crippen LogP) is 6.14. The number of carboxylic acid groups (broad SMARTS) is 2. The Balaban J connectivity index is 0.901. The van der Waals surface area contributed by atoms with Crippen LogP contribution in [0.1, 0.15) is 154 Å². The minimum absolute atomic E-state index is 0.0664. The van der Waals surface area contributed by atoms with Crippen molar-refractivity contribution < 1.29 is 56.9 Å². The smallest absolute Gasteiger partial charge is 0.308 e. The van der Waals surface area contributed by atoms with Gasteiger partial charge in [-0.15, -0.1) is 0 Å². The van der Waals surface area contributed by atoms with Gasteiger partial charge in [-0.1, -0.05) is 38.5 Å². The molecule has 6 unspecified atom stereocenters. The number of hydrogen-bond acceptors (Lipinski definition) is 11. The summed E-state index contributed by atoms with van der Waals surface area (Å²) in [5, 5.41) is 21.8. The summed E-state index contributed by atoms with van der Waals surface area (Å²) in [4.78, 5) is 69.5. The van der Waals surface area contributed by atoms with Crippen LogP contribution in [0.3, 0.4) is 0 Å². The molecule has 1 amide bonds. The van der Waals surface area contributed by atoms with E-state index in [2.05, 4.69) is 10.8 Å². The van der Waals surface area contributed by atoms with Crippen LogP contribution >= 0.6 is 0 Å². The van der Waals surface area contributed by atoms with E-state index >= 15 is 0 Å². The molecule has 6 rings (SSSR count). The van der Waals surface area contributed by atoms with Crippen LogP contribution in [0.5, 0.6) is 0 Å². The van der Waals surface area contributed by atoms with Gasteiger partial charge in [-0.25, -0.2) is 8.42 Å². The zero-order valence-electron chi connectivity index (χ0n) is 34.9. The summed E-state index contributed by atoms with van der Waals surface area (Å²) in [5.41, 5.74) is 3.08. The molecule has 59 heavy (non-hydrogen) atoms. The van der Waals surface area contributed by atoms with Gasteiger partial charge in [0.05, 0.1) is 59.9 Å². The molecule has 0 aromatic rings. The van der Waals surface area contributed by atoms with E-state index in [0.29, 0.717) is 102 Å². The second kappa shape index (κ2) is 21.8. The van der Waals surface area contributed by atoms with E-state index in [-0.39, 0.29) is 61.2 Å². The number of sulfone groups is 1. The predicted molar refractivity (Wildman–Crippen MR) is 217 cm³/mol. The number of ether oxygens (including phenoxy) is 2. The van der Waals surface area contributed by atoms with Crippen LogP contribution in [0.2, 0.25) is 0 Å². The van der Waals surface area contributed by atoms with E-state index in [0.717, 1.165) is 38.5 Å². The molecule has 6 saturated carbocycles. The Morgan fingerprint density at radius 3 is 1.49 bits per heavy atom. The monoisotopic (exact) mass is 850 g/mol. The lowest BCUT2D eigenvalue weighted by Gasteiger charge is -2.36. The van der Waals surface area contributed by atoms with Crippen molar-refractivity contribution in [1.29, 1.82) is 0 Å². The van der Waals surface area contributed by atoms with Gasteiger partial charge in [-0.2, -0.15) is 5.48 Å². The zero-order chi connectivity index (χ0) is 41.9. The Hall–Kier alpha value is -2.78. The highest BCUT2D eigenvalue weighted by Gasteiger charge is 2.44. The first-order valence-electron chi connectivity index (χ1n) is 23.1. The number of carbonyl (C=O) groups excluding carboxylic acids is 3. The molecule has 0 heterocycles. The molecule has 0 aliphatic heterocycles. The fourth-order valence-corrected chi connectivity index (χ4v) is 13.6. The second-order valence-electron chi connectivity index (χ2n) is 19.0. The van der Waals surface area contributed by atoms with Gasteiger partial charge in [-0.05, 0) is 133 Å². The van der Waals surface area contributed by atoms with Crippen LogP contribution < -0.4 is 10.8 Å². The molecule has 0 aromatic heterocycles. The zero-order valence-corrected chi connectivity index (χ0v) is 35.7. The normalized spacial score (nSPS) is 34.0. The number of amides is 1. The van der Waals surface area contributed by atoms with Gasteiger partial charge in [0, 0.05) is 12.1 Å². The van der Waals surface area contributed by atoms with Gasteiger partial charge in [0.1, 0.15) is 0 Å². The van der Waals surface area contributed by atoms with Crippen LogP contribution in [0, 0.1) is 47.3 Å². The molecule has 0 aromatic carbocycles. The van der Waals surface area contributed by atoms with E-state index in [1.165, 1.54) is 25.7 Å². The van der Waals surface area contributed by atoms with Crippen molar-refractivity contribution in [2.75, 3.05) is 19.8 Å². The highest BCUT2D eigenvalue weighted by Crippen LogP contribution is 2.39. The molecular formula is C44H70N2O12S. The molecule has 0 saturated heterocycles. The third kappa shape index (κ3) is 12.6. The first kappa shape index (κ1) is 45.7. The Morgan fingerprint density at radius 2 is 0.983 bits per heavy atom. The molecule has 4 N–H and O–H groups in total. The van der Waals surface area contributed by atoms with Gasteiger partial charge < -0.3 is 29.8 Å². The fourth-order valence-electron chi connectivity index (χ4n) is 11.2. The maximum absolute atomic E-state index is 13.8. The van der Waals surface area contributed by atoms with Crippen molar-refractivity contribution in [3.8, 4) is 0 Å². The summed E-state index contributed by atoms with van der Waals surface area (Å²) in [7, 11) is -3.43. The molecule has 15 heteroatoms. The molecule has 6 atom stereocenters. The molecule has 0 spiro atoms. The van der Waals surface area contributed by atoms with Gasteiger partial charge in [0.25, 0.3) is 0 Å². The number of carbonyl (C=O) groups is 5. The average molecular weight is 851 g/mol. The van der Waals surface area contributed by atoms with Crippen molar-refractivity contribution >= 4 is 39.6 Å². The first-order valence-corrected chi connectivity index (χ1v) is 24.7. The topological polar surface area (TPSA) is 212 Å². The standard InChI is InChI=1S/C44H70N2O12S/c47-40(39-24-31(12-22-38(39)42(50)51)44(53)57-26-29-9-5-2-6-10-29)45-33-13-17-35(18-14-33)59(54,55)36-19-15-34(16-20-36)46-58-27-32-23-30(11-21-37(32)41(48)49)43(52)56-25-28-7-3-1-4-8-28/h28-39,46H,1-27H2,(H,45,47)(H,48,49)(H,50,51). The highest BCUT2D eigenvalue weighted by molar-refractivity contribution is 7.92. The lowest BCUT2D eigenvalue weighted by molar-refractivity contribution is -0.158. The quantitative estimate of drug-likeness (QED) is 0.102. The number of hydrogen-bond donors (Lipinski definition) is 4. The average Bonchev–Trinajstić information content (AvgIpc) is 3.25. The largest absolute Gasteiger partial charge is 0.481 e. The number of rotatable bonds is 16. The van der Waals surface area contributed by atoms with Crippen molar-refractivity contribution in [1.82, 2.24) is 10.8 Å². The SMILES string of the molecule is O=C(OCC1CCCCC1)C1CCC(C(=O)O)C(CONC2CCC(S(=O)(=O)C3CCC(NC(=O)C4CC(C(=O)OCC5CCCCC5)CCC4C(=O)O)CC3)CC2)C1. The fraction of sp³-hybridized carbons (Fsp3) is 0.886. The maximum atomic E-state index is 13.8. The van der Waals surface area contributed by atoms with E-state index in [9.17, 15) is 42.6 Å². The Bertz CT molecular complexity index is 1530. The molecule has 6 fully saturated rings. The summed E-state index contributed by atoms with van der Waals surface area (Å²) in [6.07, 6.45) is 17.3. The van der Waals surface area contributed by atoms with Gasteiger partial charge in [-0.3, -0.25) is 24.0 Å². The molecule has 334 valence electrons. The third-order valence-electron chi connectivity index (χ3n) is 15.0. The number of hydroxylamine groups is 1. The lowest BCUT2D eigenvalue weighted by Crippen LogP contribution is -2.48. The van der Waals surface area contributed by atoms with Crippen LogP contribution in [0.15, 0.2) is 0 Å². The summed E-state index contributed by atoms with van der Waals surface area (Å²) >= 11 is 0. The molecular weight excluding hydrogens is 781 g/mol.